The number of rotatable bonds is 1. The van der Waals surface area contributed by atoms with Crippen molar-refractivity contribution in [1.82, 2.24) is 4.90 Å². The maximum Gasteiger partial charge on any atom is 0.236 e. The Bertz CT molecular complexity index is 374. The molecular weight excluding hydrogens is 228 g/mol. The monoisotopic (exact) mass is 250 g/mol. The van der Waals surface area contributed by atoms with Gasteiger partial charge in [-0.1, -0.05) is 25.7 Å². The minimum Gasteiger partial charge on any atom is -0.326 e. The molecule has 1 heterocycles. The van der Waals surface area contributed by atoms with Crippen LogP contribution in [0.15, 0.2) is 0 Å². The summed E-state index contributed by atoms with van der Waals surface area (Å²) in [5.41, 5.74) is 5.79. The summed E-state index contributed by atoms with van der Waals surface area (Å²) in [5, 5.41) is 0. The second-order valence-corrected chi connectivity index (χ2v) is 6.25. The number of nitrogens with two attached hydrogens (primary N) is 1. The van der Waals surface area contributed by atoms with Gasteiger partial charge in [-0.2, -0.15) is 0 Å². The quantitative estimate of drug-likeness (QED) is 0.719. The smallest absolute Gasteiger partial charge is 0.236 e. The van der Waals surface area contributed by atoms with E-state index in [0.29, 0.717) is 6.42 Å². The molecule has 2 saturated carbocycles. The van der Waals surface area contributed by atoms with E-state index in [1.807, 2.05) is 0 Å². The summed E-state index contributed by atoms with van der Waals surface area (Å²) in [6, 6.07) is -0.0399. The van der Waals surface area contributed by atoms with Crippen LogP contribution >= 0.6 is 0 Å². The third-order valence-electron chi connectivity index (χ3n) is 5.10. The highest BCUT2D eigenvalue weighted by molar-refractivity contribution is 6.06. The summed E-state index contributed by atoms with van der Waals surface area (Å²) in [6.45, 7) is 0. The van der Waals surface area contributed by atoms with E-state index in [-0.39, 0.29) is 29.3 Å². The summed E-state index contributed by atoms with van der Waals surface area (Å²) in [5.74, 6) is 0.122. The highest BCUT2D eigenvalue weighted by atomic mass is 16.2. The molecule has 3 fully saturated rings. The summed E-state index contributed by atoms with van der Waals surface area (Å²) in [4.78, 5) is 26.4. The van der Waals surface area contributed by atoms with E-state index in [9.17, 15) is 9.59 Å². The Morgan fingerprint density at radius 1 is 1.06 bits per heavy atom. The van der Waals surface area contributed by atoms with E-state index in [4.69, 9.17) is 5.73 Å². The van der Waals surface area contributed by atoms with Gasteiger partial charge in [-0.25, -0.2) is 0 Å². The molecule has 0 radical (unpaired) electrons. The Morgan fingerprint density at radius 3 is 2.39 bits per heavy atom. The lowest BCUT2D eigenvalue weighted by atomic mass is 9.84. The van der Waals surface area contributed by atoms with Gasteiger partial charge in [-0.15, -0.1) is 0 Å². The fraction of sp³-hybridized carbons (Fsp3) is 0.857. The maximum absolute atomic E-state index is 12.6. The van der Waals surface area contributed by atoms with Crippen LogP contribution in [0.4, 0.5) is 0 Å². The van der Waals surface area contributed by atoms with Gasteiger partial charge in [-0.05, 0) is 25.7 Å². The first-order chi connectivity index (χ1) is 8.64. The average Bonchev–Trinajstić information content (AvgIpc) is 2.89. The van der Waals surface area contributed by atoms with Crippen molar-refractivity contribution in [2.45, 2.75) is 69.9 Å². The molecule has 3 rings (SSSR count). The Labute approximate surface area is 108 Å². The summed E-state index contributed by atoms with van der Waals surface area (Å²) >= 11 is 0. The molecule has 4 nitrogen and oxygen atoms in total. The molecule has 4 heteroatoms. The molecule has 2 atom stereocenters. The number of amides is 2. The van der Waals surface area contributed by atoms with Crippen molar-refractivity contribution in [2.75, 3.05) is 0 Å². The van der Waals surface area contributed by atoms with Crippen molar-refractivity contribution in [1.29, 1.82) is 0 Å². The van der Waals surface area contributed by atoms with Crippen LogP contribution in [0, 0.1) is 5.41 Å². The zero-order valence-corrected chi connectivity index (χ0v) is 10.9. The third kappa shape index (κ3) is 1.69. The lowest BCUT2D eigenvalue weighted by Crippen LogP contribution is -2.52. The first kappa shape index (κ1) is 12.2. The van der Waals surface area contributed by atoms with Crippen molar-refractivity contribution >= 4 is 11.8 Å². The lowest BCUT2D eigenvalue weighted by Gasteiger charge is -2.35. The molecule has 2 N–H and O–H groups in total. The van der Waals surface area contributed by atoms with Crippen LogP contribution in [0.1, 0.15) is 57.8 Å². The largest absolute Gasteiger partial charge is 0.326 e. The predicted molar refractivity (Wildman–Crippen MR) is 67.6 cm³/mol. The van der Waals surface area contributed by atoms with Crippen LogP contribution in [-0.4, -0.2) is 28.8 Å². The molecule has 2 aliphatic carbocycles. The molecule has 18 heavy (non-hydrogen) atoms. The fourth-order valence-electron chi connectivity index (χ4n) is 4.06. The molecule has 1 saturated heterocycles. The van der Waals surface area contributed by atoms with E-state index >= 15 is 0 Å². The van der Waals surface area contributed by atoms with E-state index in [0.717, 1.165) is 51.4 Å². The second-order valence-electron chi connectivity index (χ2n) is 6.25. The third-order valence-corrected chi connectivity index (χ3v) is 5.10. The summed E-state index contributed by atoms with van der Waals surface area (Å²) in [7, 11) is 0. The maximum atomic E-state index is 12.6. The molecule has 3 aliphatic rings. The molecule has 1 spiro atoms. The standard InChI is InChI=1S/C14H22N2O2/c15-10-5-1-2-6-11(10)16-12(17)9-14(13(16)18)7-3-4-8-14/h10-11H,1-9,15H2/t10-,11-/m1/s1. The number of imide groups is 1. The van der Waals surface area contributed by atoms with E-state index in [2.05, 4.69) is 0 Å². The molecule has 1 aliphatic heterocycles. The van der Waals surface area contributed by atoms with Gasteiger partial charge in [0.25, 0.3) is 0 Å². The Morgan fingerprint density at radius 2 is 1.72 bits per heavy atom. The molecule has 0 aromatic heterocycles. The Hall–Kier alpha value is -0.900. The van der Waals surface area contributed by atoms with Crippen LogP contribution < -0.4 is 5.73 Å². The highest BCUT2D eigenvalue weighted by Crippen LogP contribution is 2.48. The van der Waals surface area contributed by atoms with E-state index < -0.39 is 0 Å². The normalized spacial score (nSPS) is 35.7. The number of hydrogen-bond acceptors (Lipinski definition) is 3. The summed E-state index contributed by atoms with van der Waals surface area (Å²) in [6.07, 6.45) is 8.46. The Balaban J connectivity index is 1.84. The number of carbonyl (C=O) groups excluding carboxylic acids is 2. The van der Waals surface area contributed by atoms with Crippen LogP contribution in [0.3, 0.4) is 0 Å². The first-order valence-corrected chi connectivity index (χ1v) is 7.26. The molecule has 100 valence electrons. The van der Waals surface area contributed by atoms with Crippen molar-refractivity contribution in [2.24, 2.45) is 11.1 Å². The van der Waals surface area contributed by atoms with Crippen molar-refractivity contribution in [3.63, 3.8) is 0 Å². The van der Waals surface area contributed by atoms with Gasteiger partial charge < -0.3 is 5.73 Å². The van der Waals surface area contributed by atoms with E-state index in [1.165, 1.54) is 0 Å². The van der Waals surface area contributed by atoms with Gasteiger partial charge in [0.05, 0.1) is 11.5 Å². The van der Waals surface area contributed by atoms with Gasteiger partial charge in [-0.3, -0.25) is 14.5 Å². The van der Waals surface area contributed by atoms with E-state index in [1.54, 1.807) is 4.90 Å². The topological polar surface area (TPSA) is 63.4 Å². The predicted octanol–water partition coefficient (Wildman–Crippen LogP) is 1.58. The number of nitrogens with zero attached hydrogens (tertiary/aromatic N) is 1. The minimum atomic E-state index is -0.339. The zero-order valence-electron chi connectivity index (χ0n) is 10.9. The molecule has 0 unspecified atom stereocenters. The molecule has 0 aromatic carbocycles. The van der Waals surface area contributed by atoms with Gasteiger partial charge in [0, 0.05) is 12.5 Å². The zero-order chi connectivity index (χ0) is 12.8. The molecule has 0 aromatic rings. The highest BCUT2D eigenvalue weighted by Gasteiger charge is 2.54. The fourth-order valence-corrected chi connectivity index (χ4v) is 4.06. The summed E-state index contributed by atoms with van der Waals surface area (Å²) < 4.78 is 0. The molecular formula is C14H22N2O2. The second kappa shape index (κ2) is 4.34. The van der Waals surface area contributed by atoms with Crippen molar-refractivity contribution in [3.8, 4) is 0 Å². The first-order valence-electron chi connectivity index (χ1n) is 7.26. The van der Waals surface area contributed by atoms with Crippen LogP contribution in [0.2, 0.25) is 0 Å². The minimum absolute atomic E-state index is 0.0109. The number of hydrogen-bond donors (Lipinski definition) is 1. The Kier molecular flexibility index (Phi) is 2.93. The molecule has 2 amide bonds. The van der Waals surface area contributed by atoms with Gasteiger partial charge in [0.2, 0.25) is 11.8 Å². The van der Waals surface area contributed by atoms with Crippen LogP contribution in [0.25, 0.3) is 0 Å². The van der Waals surface area contributed by atoms with Gasteiger partial charge in [0.1, 0.15) is 0 Å². The van der Waals surface area contributed by atoms with Gasteiger partial charge in [0.15, 0.2) is 0 Å². The number of carbonyl (C=O) groups is 2. The van der Waals surface area contributed by atoms with Crippen LogP contribution in [0.5, 0.6) is 0 Å². The lowest BCUT2D eigenvalue weighted by molar-refractivity contribution is -0.145. The van der Waals surface area contributed by atoms with Crippen molar-refractivity contribution in [3.05, 3.63) is 0 Å². The number of likely N-dealkylation sites (tertiary alicyclic amines) is 1. The van der Waals surface area contributed by atoms with Crippen LogP contribution in [-0.2, 0) is 9.59 Å². The van der Waals surface area contributed by atoms with Gasteiger partial charge >= 0.3 is 0 Å². The average molecular weight is 250 g/mol. The van der Waals surface area contributed by atoms with Crippen molar-refractivity contribution < 1.29 is 9.59 Å². The molecule has 0 bridgehead atoms. The SMILES string of the molecule is N[C@@H]1CCCC[C@H]1N1C(=O)CC2(CCCC2)C1=O.